The SMILES string of the molecule is Nc1cc(CC(C(=O)O)c2ccccc2)ccc1Cl. The predicted molar refractivity (Wildman–Crippen MR) is 76.4 cm³/mol. The molecule has 0 radical (unpaired) electrons. The third-order valence-corrected chi connectivity index (χ3v) is 3.34. The van der Waals surface area contributed by atoms with Crippen molar-refractivity contribution in [2.75, 3.05) is 5.73 Å². The van der Waals surface area contributed by atoms with Gasteiger partial charge in [-0.1, -0.05) is 48.0 Å². The van der Waals surface area contributed by atoms with Crippen LogP contribution >= 0.6 is 11.6 Å². The first-order chi connectivity index (χ1) is 9.08. The third kappa shape index (κ3) is 3.26. The number of carboxylic acids is 1. The van der Waals surface area contributed by atoms with E-state index in [0.29, 0.717) is 17.1 Å². The van der Waals surface area contributed by atoms with E-state index in [4.69, 9.17) is 17.3 Å². The molecule has 19 heavy (non-hydrogen) atoms. The summed E-state index contributed by atoms with van der Waals surface area (Å²) in [6, 6.07) is 14.4. The van der Waals surface area contributed by atoms with E-state index in [1.54, 1.807) is 18.2 Å². The van der Waals surface area contributed by atoms with Gasteiger partial charge in [-0.15, -0.1) is 0 Å². The molecule has 0 aliphatic rings. The van der Waals surface area contributed by atoms with Crippen LogP contribution in [0.1, 0.15) is 17.0 Å². The summed E-state index contributed by atoms with van der Waals surface area (Å²) in [5, 5.41) is 9.84. The molecule has 0 aliphatic heterocycles. The van der Waals surface area contributed by atoms with Gasteiger partial charge in [-0.3, -0.25) is 4.79 Å². The second-order valence-electron chi connectivity index (χ2n) is 4.36. The lowest BCUT2D eigenvalue weighted by atomic mass is 9.92. The summed E-state index contributed by atoms with van der Waals surface area (Å²) >= 11 is 5.86. The smallest absolute Gasteiger partial charge is 0.311 e. The van der Waals surface area contributed by atoms with Crippen molar-refractivity contribution in [1.82, 2.24) is 0 Å². The number of anilines is 1. The maximum atomic E-state index is 11.4. The lowest BCUT2D eigenvalue weighted by Gasteiger charge is -2.13. The monoisotopic (exact) mass is 275 g/mol. The lowest BCUT2D eigenvalue weighted by molar-refractivity contribution is -0.138. The van der Waals surface area contributed by atoms with Crippen molar-refractivity contribution < 1.29 is 9.90 Å². The number of hydrogen-bond donors (Lipinski definition) is 2. The van der Waals surface area contributed by atoms with Crippen molar-refractivity contribution in [2.24, 2.45) is 0 Å². The van der Waals surface area contributed by atoms with Gasteiger partial charge in [0.05, 0.1) is 16.6 Å². The lowest BCUT2D eigenvalue weighted by Crippen LogP contribution is -2.14. The molecule has 0 heterocycles. The maximum absolute atomic E-state index is 11.4. The molecule has 0 aromatic heterocycles. The number of aliphatic carboxylic acids is 1. The van der Waals surface area contributed by atoms with Crippen molar-refractivity contribution >= 4 is 23.3 Å². The first-order valence-electron chi connectivity index (χ1n) is 5.89. The van der Waals surface area contributed by atoms with E-state index in [1.165, 1.54) is 0 Å². The van der Waals surface area contributed by atoms with E-state index in [1.807, 2.05) is 30.3 Å². The van der Waals surface area contributed by atoms with Crippen molar-refractivity contribution in [3.8, 4) is 0 Å². The van der Waals surface area contributed by atoms with Crippen molar-refractivity contribution in [2.45, 2.75) is 12.3 Å². The minimum atomic E-state index is -0.847. The molecule has 0 bridgehead atoms. The van der Waals surface area contributed by atoms with Crippen LogP contribution in [0.4, 0.5) is 5.69 Å². The Morgan fingerprint density at radius 2 is 1.89 bits per heavy atom. The molecule has 98 valence electrons. The Hall–Kier alpha value is -2.00. The Bertz CT molecular complexity index is 584. The summed E-state index contributed by atoms with van der Waals surface area (Å²) < 4.78 is 0. The predicted octanol–water partition coefficient (Wildman–Crippen LogP) is 3.33. The molecule has 0 amide bonds. The van der Waals surface area contributed by atoms with Crippen LogP contribution in [0, 0.1) is 0 Å². The minimum Gasteiger partial charge on any atom is -0.481 e. The van der Waals surface area contributed by atoms with Crippen LogP contribution in [0.5, 0.6) is 0 Å². The molecule has 2 rings (SSSR count). The summed E-state index contributed by atoms with van der Waals surface area (Å²) in [5.41, 5.74) is 7.84. The molecule has 1 atom stereocenters. The molecule has 3 nitrogen and oxygen atoms in total. The Morgan fingerprint density at radius 3 is 2.47 bits per heavy atom. The molecule has 0 saturated heterocycles. The topological polar surface area (TPSA) is 63.3 Å². The number of halogens is 1. The standard InChI is InChI=1S/C15H14ClNO2/c16-13-7-6-10(9-14(13)17)8-12(15(18)19)11-4-2-1-3-5-11/h1-7,9,12H,8,17H2,(H,18,19). The molecule has 2 aromatic carbocycles. The number of nitrogens with two attached hydrogens (primary N) is 1. The average molecular weight is 276 g/mol. The highest BCUT2D eigenvalue weighted by Gasteiger charge is 2.20. The van der Waals surface area contributed by atoms with Crippen LogP contribution in [0.2, 0.25) is 5.02 Å². The van der Waals surface area contributed by atoms with E-state index >= 15 is 0 Å². The zero-order valence-corrected chi connectivity index (χ0v) is 11.0. The number of benzene rings is 2. The second kappa shape index (κ2) is 5.76. The number of rotatable bonds is 4. The molecule has 0 saturated carbocycles. The molecule has 0 aliphatic carbocycles. The van der Waals surface area contributed by atoms with Gasteiger partial charge in [0.2, 0.25) is 0 Å². The van der Waals surface area contributed by atoms with Gasteiger partial charge in [0.25, 0.3) is 0 Å². The third-order valence-electron chi connectivity index (χ3n) is 3.00. The van der Waals surface area contributed by atoms with Crippen molar-refractivity contribution in [3.63, 3.8) is 0 Å². The van der Waals surface area contributed by atoms with Crippen molar-refractivity contribution in [3.05, 3.63) is 64.7 Å². The summed E-state index contributed by atoms with van der Waals surface area (Å²) in [6.07, 6.45) is 0.390. The number of carboxylic acid groups (broad SMARTS) is 1. The second-order valence-corrected chi connectivity index (χ2v) is 4.77. The van der Waals surface area contributed by atoms with Crippen LogP contribution < -0.4 is 5.73 Å². The fraction of sp³-hybridized carbons (Fsp3) is 0.133. The van der Waals surface area contributed by atoms with Crippen LogP contribution in [0.15, 0.2) is 48.5 Å². The van der Waals surface area contributed by atoms with Crippen LogP contribution in [0.25, 0.3) is 0 Å². The van der Waals surface area contributed by atoms with E-state index in [9.17, 15) is 9.90 Å². The van der Waals surface area contributed by atoms with Gasteiger partial charge >= 0.3 is 5.97 Å². The first-order valence-corrected chi connectivity index (χ1v) is 6.27. The number of hydrogen-bond acceptors (Lipinski definition) is 2. The normalized spacial score (nSPS) is 12.1. The fourth-order valence-corrected chi connectivity index (χ4v) is 2.11. The number of nitrogen functional groups attached to an aromatic ring is 1. The van der Waals surface area contributed by atoms with Crippen LogP contribution in [0.3, 0.4) is 0 Å². The zero-order chi connectivity index (χ0) is 13.8. The first kappa shape index (κ1) is 13.4. The van der Waals surface area contributed by atoms with E-state index < -0.39 is 11.9 Å². The average Bonchev–Trinajstić information content (AvgIpc) is 2.40. The van der Waals surface area contributed by atoms with Gasteiger partial charge in [-0.05, 0) is 29.7 Å². The van der Waals surface area contributed by atoms with Gasteiger partial charge in [0.15, 0.2) is 0 Å². The Balaban J connectivity index is 2.27. The highest BCUT2D eigenvalue weighted by molar-refractivity contribution is 6.33. The van der Waals surface area contributed by atoms with Gasteiger partial charge < -0.3 is 10.8 Å². The zero-order valence-electron chi connectivity index (χ0n) is 10.2. The van der Waals surface area contributed by atoms with Gasteiger partial charge in [0, 0.05) is 0 Å². The van der Waals surface area contributed by atoms with Crippen LogP contribution in [-0.4, -0.2) is 11.1 Å². The summed E-state index contributed by atoms with van der Waals surface area (Å²) in [5.74, 6) is -1.43. The largest absolute Gasteiger partial charge is 0.481 e. The number of carbonyl (C=O) groups is 1. The Kier molecular flexibility index (Phi) is 4.07. The molecule has 4 heteroatoms. The molecule has 0 spiro atoms. The van der Waals surface area contributed by atoms with E-state index in [-0.39, 0.29) is 0 Å². The summed E-state index contributed by atoms with van der Waals surface area (Å²) in [6.45, 7) is 0. The molecule has 1 unspecified atom stereocenters. The fourth-order valence-electron chi connectivity index (χ4n) is 1.99. The molecular weight excluding hydrogens is 262 g/mol. The maximum Gasteiger partial charge on any atom is 0.311 e. The summed E-state index contributed by atoms with van der Waals surface area (Å²) in [4.78, 5) is 11.4. The highest BCUT2D eigenvalue weighted by Crippen LogP contribution is 2.25. The van der Waals surface area contributed by atoms with Gasteiger partial charge in [0.1, 0.15) is 0 Å². The molecular formula is C15H14ClNO2. The minimum absolute atomic E-state index is 0.390. The Labute approximate surface area is 116 Å². The van der Waals surface area contributed by atoms with Gasteiger partial charge in [-0.25, -0.2) is 0 Å². The van der Waals surface area contributed by atoms with Crippen LogP contribution in [-0.2, 0) is 11.2 Å². The van der Waals surface area contributed by atoms with E-state index in [2.05, 4.69) is 0 Å². The molecule has 2 aromatic rings. The summed E-state index contributed by atoms with van der Waals surface area (Å²) in [7, 11) is 0. The van der Waals surface area contributed by atoms with Gasteiger partial charge in [-0.2, -0.15) is 0 Å². The van der Waals surface area contributed by atoms with E-state index in [0.717, 1.165) is 11.1 Å². The quantitative estimate of drug-likeness (QED) is 0.841. The highest BCUT2D eigenvalue weighted by atomic mass is 35.5. The Morgan fingerprint density at radius 1 is 1.21 bits per heavy atom. The van der Waals surface area contributed by atoms with Crippen molar-refractivity contribution in [1.29, 1.82) is 0 Å². The molecule has 0 fully saturated rings. The molecule has 3 N–H and O–H groups in total.